The molecule has 3 rings (SSSR count). The van der Waals surface area contributed by atoms with E-state index in [9.17, 15) is 4.79 Å². The van der Waals surface area contributed by atoms with Crippen LogP contribution >= 0.6 is 0 Å². The van der Waals surface area contributed by atoms with Gasteiger partial charge in [-0.2, -0.15) is 5.10 Å². The molecule has 2 amide bonds. The Morgan fingerprint density at radius 3 is 2.92 bits per heavy atom. The Morgan fingerprint density at radius 1 is 1.38 bits per heavy atom. The standard InChI is InChI=1S/C17H24N6O/c1-17(2,3)23-12-18-10-14(23)13-6-5-9-22(11-13)16(24)20-15-7-4-8-19-21-15/h4,7-8,10,12-13H,5-6,9,11H2,1-3H3,(H,20,21,24). The predicted octanol–water partition coefficient (Wildman–Crippen LogP) is 2.84. The number of anilines is 1. The zero-order chi connectivity index (χ0) is 17.2. The van der Waals surface area contributed by atoms with Gasteiger partial charge in [-0.25, -0.2) is 9.78 Å². The van der Waals surface area contributed by atoms with Gasteiger partial charge in [0.25, 0.3) is 0 Å². The van der Waals surface area contributed by atoms with E-state index < -0.39 is 0 Å². The zero-order valence-corrected chi connectivity index (χ0v) is 14.4. The number of urea groups is 1. The number of piperidine rings is 1. The minimum Gasteiger partial charge on any atom is -0.329 e. The second-order valence-electron chi connectivity index (χ2n) is 7.18. The van der Waals surface area contributed by atoms with Crippen LogP contribution in [0, 0.1) is 0 Å². The number of carbonyl (C=O) groups is 1. The van der Waals surface area contributed by atoms with Crippen molar-refractivity contribution in [3.8, 4) is 0 Å². The van der Waals surface area contributed by atoms with E-state index in [0.29, 0.717) is 18.3 Å². The average molecular weight is 328 g/mol. The molecule has 2 aromatic heterocycles. The van der Waals surface area contributed by atoms with Crippen molar-refractivity contribution >= 4 is 11.8 Å². The molecule has 7 heteroatoms. The Labute approximate surface area is 142 Å². The third-order valence-electron chi connectivity index (χ3n) is 4.32. The van der Waals surface area contributed by atoms with Crippen LogP contribution in [0.2, 0.25) is 0 Å². The summed E-state index contributed by atoms with van der Waals surface area (Å²) in [7, 11) is 0. The summed E-state index contributed by atoms with van der Waals surface area (Å²) in [5.41, 5.74) is 1.18. The highest BCUT2D eigenvalue weighted by atomic mass is 16.2. The molecule has 1 aliphatic heterocycles. The fraction of sp³-hybridized carbons (Fsp3) is 0.529. The molecule has 0 spiro atoms. The summed E-state index contributed by atoms with van der Waals surface area (Å²) in [5, 5.41) is 10.5. The lowest BCUT2D eigenvalue weighted by Crippen LogP contribution is -2.42. The van der Waals surface area contributed by atoms with Crippen LogP contribution < -0.4 is 5.32 Å². The lowest BCUT2D eigenvalue weighted by Gasteiger charge is -2.34. The molecule has 1 unspecified atom stereocenters. The molecule has 1 aliphatic rings. The van der Waals surface area contributed by atoms with Gasteiger partial charge in [-0.15, -0.1) is 5.10 Å². The molecule has 1 atom stereocenters. The molecule has 0 bridgehead atoms. The van der Waals surface area contributed by atoms with Crippen LogP contribution in [-0.2, 0) is 5.54 Å². The molecular weight excluding hydrogens is 304 g/mol. The summed E-state index contributed by atoms with van der Waals surface area (Å²) < 4.78 is 2.21. The van der Waals surface area contributed by atoms with Crippen molar-refractivity contribution < 1.29 is 4.79 Å². The first-order valence-electron chi connectivity index (χ1n) is 8.31. The lowest BCUT2D eigenvalue weighted by molar-refractivity contribution is 0.190. The smallest absolute Gasteiger partial charge is 0.323 e. The van der Waals surface area contributed by atoms with Gasteiger partial charge in [-0.05, 0) is 45.7 Å². The van der Waals surface area contributed by atoms with Crippen molar-refractivity contribution in [2.75, 3.05) is 18.4 Å². The number of aromatic nitrogens is 4. The second-order valence-corrected chi connectivity index (χ2v) is 7.18. The first-order valence-corrected chi connectivity index (χ1v) is 8.31. The van der Waals surface area contributed by atoms with E-state index in [-0.39, 0.29) is 11.6 Å². The molecule has 128 valence electrons. The molecular formula is C17H24N6O. The SMILES string of the molecule is CC(C)(C)n1cncc1C1CCCN(C(=O)Nc2cccnn2)C1. The van der Waals surface area contributed by atoms with E-state index in [0.717, 1.165) is 19.4 Å². The van der Waals surface area contributed by atoms with Crippen LogP contribution in [0.25, 0.3) is 0 Å². The number of imidazole rings is 1. The molecule has 3 heterocycles. The van der Waals surface area contributed by atoms with Crippen molar-refractivity contribution in [2.24, 2.45) is 0 Å². The summed E-state index contributed by atoms with van der Waals surface area (Å²) in [6.45, 7) is 7.94. The molecule has 0 aromatic carbocycles. The van der Waals surface area contributed by atoms with Crippen molar-refractivity contribution in [3.63, 3.8) is 0 Å². The first-order chi connectivity index (χ1) is 11.4. The minimum atomic E-state index is -0.123. The van der Waals surface area contributed by atoms with Gasteiger partial charge in [0.05, 0.1) is 6.33 Å². The minimum absolute atomic E-state index is 0.0179. The Hall–Kier alpha value is -2.44. The molecule has 1 fully saturated rings. The van der Waals surface area contributed by atoms with Gasteiger partial charge < -0.3 is 9.47 Å². The van der Waals surface area contributed by atoms with Crippen molar-refractivity contribution in [2.45, 2.75) is 45.1 Å². The lowest BCUT2D eigenvalue weighted by atomic mass is 9.94. The van der Waals surface area contributed by atoms with Gasteiger partial charge in [0.15, 0.2) is 5.82 Å². The number of hydrogen-bond donors (Lipinski definition) is 1. The molecule has 0 saturated carbocycles. The van der Waals surface area contributed by atoms with Gasteiger partial charge in [0, 0.05) is 42.6 Å². The number of amides is 2. The Kier molecular flexibility index (Phi) is 4.51. The Balaban J connectivity index is 1.71. The fourth-order valence-electron chi connectivity index (χ4n) is 3.13. The zero-order valence-electron chi connectivity index (χ0n) is 14.4. The van der Waals surface area contributed by atoms with Crippen LogP contribution in [0.3, 0.4) is 0 Å². The highest BCUT2D eigenvalue weighted by molar-refractivity contribution is 5.88. The Morgan fingerprint density at radius 2 is 2.21 bits per heavy atom. The van der Waals surface area contributed by atoms with E-state index >= 15 is 0 Å². The number of nitrogens with one attached hydrogen (secondary N) is 1. The molecule has 7 nitrogen and oxygen atoms in total. The number of hydrogen-bond acceptors (Lipinski definition) is 4. The fourth-order valence-corrected chi connectivity index (χ4v) is 3.13. The molecule has 1 saturated heterocycles. The second kappa shape index (κ2) is 6.59. The summed E-state index contributed by atoms with van der Waals surface area (Å²) in [5.74, 6) is 0.775. The Bertz CT molecular complexity index is 691. The summed E-state index contributed by atoms with van der Waals surface area (Å²) in [6.07, 6.45) is 7.44. The maximum absolute atomic E-state index is 12.5. The number of carbonyl (C=O) groups excluding carboxylic acids is 1. The monoisotopic (exact) mass is 328 g/mol. The number of nitrogens with zero attached hydrogens (tertiary/aromatic N) is 5. The van der Waals surface area contributed by atoms with E-state index in [2.05, 4.69) is 45.8 Å². The van der Waals surface area contributed by atoms with Crippen molar-refractivity contribution in [3.05, 3.63) is 36.5 Å². The van der Waals surface area contributed by atoms with Gasteiger partial charge in [0.1, 0.15) is 0 Å². The van der Waals surface area contributed by atoms with E-state index in [4.69, 9.17) is 0 Å². The van der Waals surface area contributed by atoms with Gasteiger partial charge in [0.2, 0.25) is 0 Å². The van der Waals surface area contributed by atoms with Gasteiger partial charge in [-0.3, -0.25) is 5.32 Å². The van der Waals surface area contributed by atoms with Crippen LogP contribution in [0.5, 0.6) is 0 Å². The van der Waals surface area contributed by atoms with Crippen LogP contribution in [0.1, 0.15) is 45.2 Å². The van der Waals surface area contributed by atoms with E-state index in [1.807, 2.05) is 17.4 Å². The normalized spacial score (nSPS) is 18.5. The quantitative estimate of drug-likeness (QED) is 0.920. The predicted molar refractivity (Wildman–Crippen MR) is 91.8 cm³/mol. The van der Waals surface area contributed by atoms with Gasteiger partial charge >= 0.3 is 6.03 Å². The van der Waals surface area contributed by atoms with Crippen LogP contribution in [0.15, 0.2) is 30.9 Å². The van der Waals surface area contributed by atoms with Crippen LogP contribution in [0.4, 0.5) is 10.6 Å². The van der Waals surface area contributed by atoms with E-state index in [1.165, 1.54) is 5.69 Å². The number of likely N-dealkylation sites (tertiary alicyclic amines) is 1. The molecule has 0 radical (unpaired) electrons. The highest BCUT2D eigenvalue weighted by Crippen LogP contribution is 2.30. The largest absolute Gasteiger partial charge is 0.329 e. The highest BCUT2D eigenvalue weighted by Gasteiger charge is 2.29. The van der Waals surface area contributed by atoms with Crippen molar-refractivity contribution in [1.29, 1.82) is 0 Å². The topological polar surface area (TPSA) is 75.9 Å². The third-order valence-corrected chi connectivity index (χ3v) is 4.32. The first kappa shape index (κ1) is 16.4. The maximum Gasteiger partial charge on any atom is 0.323 e. The van der Waals surface area contributed by atoms with Gasteiger partial charge in [-0.1, -0.05) is 0 Å². The number of rotatable bonds is 2. The van der Waals surface area contributed by atoms with Crippen molar-refractivity contribution in [1.82, 2.24) is 24.6 Å². The van der Waals surface area contributed by atoms with E-state index in [1.54, 1.807) is 18.3 Å². The molecule has 0 aliphatic carbocycles. The molecule has 1 N–H and O–H groups in total. The maximum atomic E-state index is 12.5. The summed E-state index contributed by atoms with van der Waals surface area (Å²) in [4.78, 5) is 18.7. The summed E-state index contributed by atoms with van der Waals surface area (Å²) >= 11 is 0. The molecule has 24 heavy (non-hydrogen) atoms. The average Bonchev–Trinajstić information content (AvgIpc) is 3.06. The van der Waals surface area contributed by atoms with Crippen LogP contribution in [-0.4, -0.2) is 43.8 Å². The molecule has 2 aromatic rings. The summed E-state index contributed by atoms with van der Waals surface area (Å²) in [6, 6.07) is 3.37. The third kappa shape index (κ3) is 3.55.